The first-order chi connectivity index (χ1) is 31.0. The molecule has 0 fully saturated rings. The molecule has 0 saturated heterocycles. The molecule has 316 valence electrons. The Morgan fingerprint density at radius 1 is 0.281 bits per heavy atom. The number of carbonyl (C=O) groups excluding carboxylic acids is 7. The third kappa shape index (κ3) is 11.1. The fourth-order valence-electron chi connectivity index (χ4n) is 6.39. The van der Waals surface area contributed by atoms with E-state index in [-0.39, 0.29) is 50.8 Å². The summed E-state index contributed by atoms with van der Waals surface area (Å²) < 4.78 is 4.96. The highest BCUT2D eigenvalue weighted by Crippen LogP contribution is 2.27. The van der Waals surface area contributed by atoms with Gasteiger partial charge in [0.05, 0.1) is 12.7 Å². The number of esters is 1. The van der Waals surface area contributed by atoms with E-state index in [1.54, 1.807) is 121 Å². The number of hydrogen-bond donors (Lipinski definition) is 6. The fourth-order valence-corrected chi connectivity index (χ4v) is 6.39. The highest BCUT2D eigenvalue weighted by molar-refractivity contribution is 6.13. The first-order valence-electron chi connectivity index (χ1n) is 19.6. The molecule has 0 bridgehead atoms. The molecule has 0 saturated carbocycles. The Kier molecular flexibility index (Phi) is 13.4. The lowest BCUT2D eigenvalue weighted by molar-refractivity contribution is 0.0599. The van der Waals surface area contributed by atoms with Crippen LogP contribution in [0.3, 0.4) is 0 Å². The van der Waals surface area contributed by atoms with E-state index in [0.29, 0.717) is 22.3 Å². The van der Waals surface area contributed by atoms with Gasteiger partial charge in [0.1, 0.15) is 0 Å². The average molecular weight is 851 g/mol. The molecule has 0 aliphatic heterocycles. The second-order valence-corrected chi connectivity index (χ2v) is 14.1. The molecule has 0 heterocycles. The Balaban J connectivity index is 1.17. The predicted molar refractivity (Wildman–Crippen MR) is 244 cm³/mol. The van der Waals surface area contributed by atoms with Gasteiger partial charge < -0.3 is 36.6 Å². The number of amides is 6. The topological polar surface area (TPSA) is 201 Å². The van der Waals surface area contributed by atoms with Crippen LogP contribution in [0.1, 0.15) is 72.5 Å². The molecule has 14 heteroatoms. The number of anilines is 6. The summed E-state index contributed by atoms with van der Waals surface area (Å²) in [5, 5.41) is 16.5. The van der Waals surface area contributed by atoms with Crippen LogP contribution in [0.4, 0.5) is 34.1 Å². The standard InChI is InChI=1S/C50H38N6O8/c1-64-50(63)37-26-42(55-48(61)35-22-38(51-44(57)31-14-6-2-7-15-31)28-39(23-35)52-45(58)32-16-8-3-9-17-32)30-43(27-37)56-49(62)36-24-40(53-46(59)33-18-10-4-11-19-33)29-41(25-36)54-47(60)34-20-12-5-13-21-34/h2-30H,1H3,(H,51,57)(H,52,58)(H,53,59)(H,54,60)(H,55,61)(H,56,62). The zero-order valence-electron chi connectivity index (χ0n) is 34.0. The van der Waals surface area contributed by atoms with Gasteiger partial charge in [-0.15, -0.1) is 0 Å². The summed E-state index contributed by atoms with van der Waals surface area (Å²) in [5.41, 5.74) is 2.36. The van der Waals surface area contributed by atoms with E-state index in [0.717, 1.165) is 0 Å². The van der Waals surface area contributed by atoms with Crippen LogP contribution in [0.5, 0.6) is 0 Å². The molecule has 6 amide bonds. The zero-order valence-corrected chi connectivity index (χ0v) is 34.0. The molecule has 0 spiro atoms. The van der Waals surface area contributed by atoms with Gasteiger partial charge in [0.15, 0.2) is 0 Å². The van der Waals surface area contributed by atoms with E-state index in [1.807, 2.05) is 0 Å². The molecule has 7 rings (SSSR count). The van der Waals surface area contributed by atoms with Gasteiger partial charge >= 0.3 is 5.97 Å². The van der Waals surface area contributed by atoms with Crippen molar-refractivity contribution in [1.29, 1.82) is 0 Å². The lowest BCUT2D eigenvalue weighted by Gasteiger charge is -2.15. The van der Waals surface area contributed by atoms with Crippen LogP contribution in [0.2, 0.25) is 0 Å². The maximum absolute atomic E-state index is 14.0. The van der Waals surface area contributed by atoms with Gasteiger partial charge in [-0.05, 0) is 103 Å². The Labute approximate surface area is 366 Å². The first-order valence-corrected chi connectivity index (χ1v) is 19.6. The van der Waals surface area contributed by atoms with Crippen molar-refractivity contribution in [2.24, 2.45) is 0 Å². The molecular formula is C50H38N6O8. The van der Waals surface area contributed by atoms with Gasteiger partial charge in [0, 0.05) is 67.5 Å². The second-order valence-electron chi connectivity index (χ2n) is 14.1. The third-order valence-corrected chi connectivity index (χ3v) is 9.44. The summed E-state index contributed by atoms with van der Waals surface area (Å²) in [4.78, 5) is 93.4. The third-order valence-electron chi connectivity index (χ3n) is 9.44. The molecule has 0 radical (unpaired) electrons. The Morgan fingerprint density at radius 2 is 0.484 bits per heavy atom. The lowest BCUT2D eigenvalue weighted by Crippen LogP contribution is -2.18. The number of hydrogen-bond acceptors (Lipinski definition) is 8. The molecule has 0 atom stereocenters. The molecule has 14 nitrogen and oxygen atoms in total. The maximum Gasteiger partial charge on any atom is 0.337 e. The number of nitrogens with one attached hydrogen (secondary N) is 6. The number of ether oxygens (including phenoxy) is 1. The van der Waals surface area contributed by atoms with Crippen LogP contribution in [0, 0.1) is 0 Å². The van der Waals surface area contributed by atoms with E-state index >= 15 is 0 Å². The molecule has 64 heavy (non-hydrogen) atoms. The van der Waals surface area contributed by atoms with Gasteiger partial charge in [0.25, 0.3) is 35.4 Å². The van der Waals surface area contributed by atoms with Crippen LogP contribution in [-0.4, -0.2) is 48.5 Å². The predicted octanol–water partition coefficient (Wildman–Crippen LogP) is 8.99. The summed E-state index contributed by atoms with van der Waals surface area (Å²) in [6.45, 7) is 0. The van der Waals surface area contributed by atoms with Crippen molar-refractivity contribution in [1.82, 2.24) is 0 Å². The number of methoxy groups -OCH3 is 1. The highest BCUT2D eigenvalue weighted by Gasteiger charge is 2.19. The smallest absolute Gasteiger partial charge is 0.337 e. The molecule has 7 aromatic rings. The van der Waals surface area contributed by atoms with Crippen molar-refractivity contribution in [3.63, 3.8) is 0 Å². The largest absolute Gasteiger partial charge is 0.465 e. The van der Waals surface area contributed by atoms with Crippen LogP contribution < -0.4 is 31.9 Å². The van der Waals surface area contributed by atoms with E-state index in [2.05, 4.69) is 31.9 Å². The van der Waals surface area contributed by atoms with Crippen molar-refractivity contribution in [2.75, 3.05) is 39.0 Å². The normalized spacial score (nSPS) is 10.4. The van der Waals surface area contributed by atoms with E-state index in [4.69, 9.17) is 4.74 Å². The lowest BCUT2D eigenvalue weighted by atomic mass is 10.1. The first kappa shape index (κ1) is 42.9. The van der Waals surface area contributed by atoms with Crippen molar-refractivity contribution in [3.05, 3.63) is 215 Å². The van der Waals surface area contributed by atoms with Gasteiger partial charge in [-0.3, -0.25) is 28.8 Å². The minimum atomic E-state index is -0.778. The monoisotopic (exact) mass is 850 g/mol. The second kappa shape index (κ2) is 19.9. The average Bonchev–Trinajstić information content (AvgIpc) is 3.32. The van der Waals surface area contributed by atoms with Crippen LogP contribution >= 0.6 is 0 Å². The Morgan fingerprint density at radius 3 is 0.703 bits per heavy atom. The summed E-state index contributed by atoms with van der Waals surface area (Å²) >= 11 is 0. The molecule has 6 N–H and O–H groups in total. The van der Waals surface area contributed by atoms with E-state index in [1.165, 1.54) is 61.7 Å². The van der Waals surface area contributed by atoms with Gasteiger partial charge in [-0.25, -0.2) is 4.79 Å². The molecule has 0 aliphatic rings. The van der Waals surface area contributed by atoms with Crippen molar-refractivity contribution in [3.8, 4) is 0 Å². The molecule has 0 aliphatic carbocycles. The minimum absolute atomic E-state index is 0.0164. The highest BCUT2D eigenvalue weighted by atomic mass is 16.5. The quantitative estimate of drug-likeness (QED) is 0.0617. The van der Waals surface area contributed by atoms with Gasteiger partial charge in [-0.1, -0.05) is 72.8 Å². The van der Waals surface area contributed by atoms with Crippen molar-refractivity contribution >= 4 is 75.5 Å². The maximum atomic E-state index is 14.0. The minimum Gasteiger partial charge on any atom is -0.465 e. The van der Waals surface area contributed by atoms with Crippen LogP contribution in [0.25, 0.3) is 0 Å². The van der Waals surface area contributed by atoms with Gasteiger partial charge in [0.2, 0.25) is 0 Å². The van der Waals surface area contributed by atoms with Crippen molar-refractivity contribution in [2.45, 2.75) is 0 Å². The summed E-state index contributed by atoms with van der Waals surface area (Å²) in [6.07, 6.45) is 0. The van der Waals surface area contributed by atoms with Crippen LogP contribution in [0.15, 0.2) is 176 Å². The Hall–Kier alpha value is -9.17. The van der Waals surface area contributed by atoms with E-state index in [9.17, 15) is 33.6 Å². The number of benzene rings is 7. The fraction of sp³-hybridized carbons (Fsp3) is 0.0200. The molecule has 0 aromatic heterocycles. The SMILES string of the molecule is COC(=O)c1cc(NC(=O)c2cc(NC(=O)c3ccccc3)cc(NC(=O)c3ccccc3)c2)cc(NC(=O)c2cc(NC(=O)c3ccccc3)cc(NC(=O)c3ccccc3)c2)c1. The summed E-state index contributed by atoms with van der Waals surface area (Å²) in [7, 11) is 1.17. The molecule has 0 unspecified atom stereocenters. The molecular weight excluding hydrogens is 813 g/mol. The zero-order chi connectivity index (χ0) is 45.0. The summed E-state index contributed by atoms with van der Waals surface area (Å²) in [5.74, 6) is -4.02. The van der Waals surface area contributed by atoms with Gasteiger partial charge in [-0.2, -0.15) is 0 Å². The van der Waals surface area contributed by atoms with E-state index < -0.39 is 41.4 Å². The van der Waals surface area contributed by atoms with Crippen LogP contribution in [-0.2, 0) is 4.74 Å². The van der Waals surface area contributed by atoms with Crippen molar-refractivity contribution < 1.29 is 38.3 Å². The number of rotatable bonds is 13. The Bertz CT molecular complexity index is 2560. The number of carbonyl (C=O) groups is 7. The summed E-state index contributed by atoms with van der Waals surface area (Å²) in [6, 6.07) is 46.5. The molecule has 7 aromatic carbocycles.